The lowest BCUT2D eigenvalue weighted by Gasteiger charge is -2.16. The first-order chi connectivity index (χ1) is 14.7. The molecule has 0 heterocycles. The molecule has 3 heteroatoms. The van der Waals surface area contributed by atoms with Gasteiger partial charge in [0.1, 0.15) is 5.75 Å². The Morgan fingerprint density at radius 3 is 2.10 bits per heavy atom. The van der Waals surface area contributed by atoms with Gasteiger partial charge >= 0.3 is 0 Å². The molecule has 0 aliphatic heterocycles. The molecule has 3 nitrogen and oxygen atoms in total. The fourth-order valence-corrected chi connectivity index (χ4v) is 3.95. The predicted octanol–water partition coefficient (Wildman–Crippen LogP) is 6.62. The van der Waals surface area contributed by atoms with Crippen molar-refractivity contribution in [3.05, 3.63) is 109 Å². The highest BCUT2D eigenvalue weighted by Crippen LogP contribution is 2.42. The lowest BCUT2D eigenvalue weighted by molar-refractivity contribution is 0.102. The smallest absolute Gasteiger partial charge is 0.259 e. The van der Waals surface area contributed by atoms with E-state index in [4.69, 9.17) is 0 Å². The number of rotatable bonds is 3. The van der Waals surface area contributed by atoms with Gasteiger partial charge < -0.3 is 10.4 Å². The molecule has 0 atom stereocenters. The van der Waals surface area contributed by atoms with Gasteiger partial charge in [0, 0.05) is 11.3 Å². The van der Waals surface area contributed by atoms with Crippen LogP contribution >= 0.6 is 0 Å². The number of phenolic OH excluding ortho intramolecular Hbond substituents is 1. The van der Waals surface area contributed by atoms with E-state index in [0.29, 0.717) is 11.3 Å². The van der Waals surface area contributed by atoms with Crippen molar-refractivity contribution in [1.29, 1.82) is 0 Å². The number of amides is 1. The molecule has 0 saturated heterocycles. The highest BCUT2D eigenvalue weighted by Gasteiger charge is 2.20. The summed E-state index contributed by atoms with van der Waals surface area (Å²) in [7, 11) is 0. The van der Waals surface area contributed by atoms with E-state index in [0.717, 1.165) is 27.1 Å². The zero-order valence-corrected chi connectivity index (χ0v) is 16.2. The van der Waals surface area contributed by atoms with Crippen molar-refractivity contribution >= 4 is 33.1 Å². The number of carbonyl (C=O) groups is 1. The van der Waals surface area contributed by atoms with Gasteiger partial charge in [-0.2, -0.15) is 0 Å². The average Bonchev–Trinajstić information content (AvgIpc) is 2.79. The first kappa shape index (κ1) is 18.0. The number of fused-ring (bicyclic) bond motifs is 2. The topological polar surface area (TPSA) is 49.3 Å². The van der Waals surface area contributed by atoms with Crippen LogP contribution in [0, 0.1) is 0 Å². The number of benzene rings is 5. The quantitative estimate of drug-likeness (QED) is 0.364. The van der Waals surface area contributed by atoms with E-state index in [2.05, 4.69) is 5.32 Å². The SMILES string of the molecule is O=C(Nc1ccccc1)c1cc2ccccc2c(-c2cccc3ccccc23)c1O. The van der Waals surface area contributed by atoms with Crippen molar-refractivity contribution in [2.24, 2.45) is 0 Å². The third-order valence-corrected chi connectivity index (χ3v) is 5.36. The number of carbonyl (C=O) groups excluding carboxylic acids is 1. The Balaban J connectivity index is 1.75. The molecule has 30 heavy (non-hydrogen) atoms. The van der Waals surface area contributed by atoms with Crippen LogP contribution in [0.25, 0.3) is 32.7 Å². The van der Waals surface area contributed by atoms with Gasteiger partial charge in [-0.15, -0.1) is 0 Å². The van der Waals surface area contributed by atoms with Crippen LogP contribution in [-0.2, 0) is 0 Å². The zero-order valence-electron chi connectivity index (χ0n) is 16.2. The van der Waals surface area contributed by atoms with E-state index in [1.165, 1.54) is 0 Å². The van der Waals surface area contributed by atoms with Gasteiger partial charge in [0.25, 0.3) is 5.91 Å². The fourth-order valence-electron chi connectivity index (χ4n) is 3.95. The standard InChI is InChI=1S/C27H19NO2/c29-26-24(27(30)28-20-12-2-1-3-13-20)17-19-10-5-7-15-22(19)25(26)23-16-8-11-18-9-4-6-14-21(18)23/h1-17,29H,(H,28,30). The van der Waals surface area contributed by atoms with Crippen LogP contribution < -0.4 is 5.32 Å². The maximum atomic E-state index is 13.1. The second-order valence-corrected chi connectivity index (χ2v) is 7.22. The Morgan fingerprint density at radius 1 is 0.667 bits per heavy atom. The molecule has 0 aliphatic rings. The van der Waals surface area contributed by atoms with E-state index >= 15 is 0 Å². The molecule has 5 aromatic rings. The van der Waals surface area contributed by atoms with Crippen molar-refractivity contribution in [2.45, 2.75) is 0 Å². The number of hydrogen-bond donors (Lipinski definition) is 2. The summed E-state index contributed by atoms with van der Waals surface area (Å²) in [6, 6.07) is 32.9. The molecular formula is C27H19NO2. The Hall–Kier alpha value is -4.11. The van der Waals surface area contributed by atoms with Gasteiger partial charge in [-0.3, -0.25) is 4.79 Å². The van der Waals surface area contributed by atoms with Gasteiger partial charge in [0.2, 0.25) is 0 Å². The molecule has 0 bridgehead atoms. The van der Waals surface area contributed by atoms with Crippen molar-refractivity contribution in [3.63, 3.8) is 0 Å². The van der Waals surface area contributed by atoms with E-state index < -0.39 is 0 Å². The summed E-state index contributed by atoms with van der Waals surface area (Å²) < 4.78 is 0. The van der Waals surface area contributed by atoms with Gasteiger partial charge in [-0.25, -0.2) is 0 Å². The molecular weight excluding hydrogens is 370 g/mol. The van der Waals surface area contributed by atoms with Crippen molar-refractivity contribution in [2.75, 3.05) is 5.32 Å². The van der Waals surface area contributed by atoms with Crippen LogP contribution in [0.2, 0.25) is 0 Å². The molecule has 0 radical (unpaired) electrons. The lowest BCUT2D eigenvalue weighted by atomic mass is 9.91. The molecule has 0 unspecified atom stereocenters. The molecule has 0 saturated carbocycles. The van der Waals surface area contributed by atoms with Crippen LogP contribution in [-0.4, -0.2) is 11.0 Å². The first-order valence-corrected chi connectivity index (χ1v) is 9.81. The summed E-state index contributed by atoms with van der Waals surface area (Å²) in [5, 5.41) is 18.1. The molecule has 0 aliphatic carbocycles. The molecule has 5 aromatic carbocycles. The maximum absolute atomic E-state index is 13.1. The summed E-state index contributed by atoms with van der Waals surface area (Å²) >= 11 is 0. The molecule has 144 valence electrons. The Kier molecular flexibility index (Phi) is 4.41. The van der Waals surface area contributed by atoms with Gasteiger partial charge in [0.15, 0.2) is 0 Å². The summed E-state index contributed by atoms with van der Waals surface area (Å²) in [6.45, 7) is 0. The van der Waals surface area contributed by atoms with E-state index in [1.807, 2.05) is 97.1 Å². The summed E-state index contributed by atoms with van der Waals surface area (Å²) in [5.74, 6) is -0.357. The third-order valence-electron chi connectivity index (χ3n) is 5.36. The van der Waals surface area contributed by atoms with E-state index in [1.54, 1.807) is 6.07 Å². The Morgan fingerprint density at radius 2 is 1.30 bits per heavy atom. The van der Waals surface area contributed by atoms with Crippen LogP contribution in [0.1, 0.15) is 10.4 Å². The van der Waals surface area contributed by atoms with Crippen molar-refractivity contribution in [3.8, 4) is 16.9 Å². The van der Waals surface area contributed by atoms with E-state index in [-0.39, 0.29) is 17.2 Å². The Bertz CT molecular complexity index is 1390. The predicted molar refractivity (Wildman–Crippen MR) is 123 cm³/mol. The molecule has 1 amide bonds. The number of hydrogen-bond acceptors (Lipinski definition) is 2. The third kappa shape index (κ3) is 3.07. The normalized spacial score (nSPS) is 10.9. The van der Waals surface area contributed by atoms with Gasteiger partial charge in [0.05, 0.1) is 5.56 Å². The molecule has 5 rings (SSSR count). The van der Waals surface area contributed by atoms with Crippen LogP contribution in [0.3, 0.4) is 0 Å². The second kappa shape index (κ2) is 7.37. The number of para-hydroxylation sites is 1. The number of nitrogens with one attached hydrogen (secondary N) is 1. The van der Waals surface area contributed by atoms with E-state index in [9.17, 15) is 9.90 Å². The maximum Gasteiger partial charge on any atom is 0.259 e. The minimum Gasteiger partial charge on any atom is -0.506 e. The van der Waals surface area contributed by atoms with Crippen molar-refractivity contribution < 1.29 is 9.90 Å². The minimum absolute atomic E-state index is 0.0153. The average molecular weight is 389 g/mol. The first-order valence-electron chi connectivity index (χ1n) is 9.81. The number of anilines is 1. The highest BCUT2D eigenvalue weighted by atomic mass is 16.3. The number of phenols is 1. The highest BCUT2D eigenvalue weighted by molar-refractivity contribution is 6.15. The summed E-state index contributed by atoms with van der Waals surface area (Å²) in [4.78, 5) is 13.1. The van der Waals surface area contributed by atoms with Crippen LogP contribution in [0.15, 0.2) is 103 Å². The fraction of sp³-hybridized carbons (Fsp3) is 0. The van der Waals surface area contributed by atoms with Gasteiger partial charge in [-0.05, 0) is 45.3 Å². The minimum atomic E-state index is -0.342. The van der Waals surface area contributed by atoms with Crippen LogP contribution in [0.5, 0.6) is 5.75 Å². The molecule has 2 N–H and O–H groups in total. The molecule has 0 fully saturated rings. The largest absolute Gasteiger partial charge is 0.506 e. The van der Waals surface area contributed by atoms with Crippen LogP contribution in [0.4, 0.5) is 5.69 Å². The zero-order chi connectivity index (χ0) is 20.5. The molecule has 0 aromatic heterocycles. The second-order valence-electron chi connectivity index (χ2n) is 7.22. The molecule has 0 spiro atoms. The monoisotopic (exact) mass is 389 g/mol. The number of aromatic hydroxyl groups is 1. The lowest BCUT2D eigenvalue weighted by Crippen LogP contribution is -2.12. The summed E-state index contributed by atoms with van der Waals surface area (Å²) in [6.07, 6.45) is 0. The summed E-state index contributed by atoms with van der Waals surface area (Å²) in [5.41, 5.74) is 2.50. The Labute approximate surface area is 174 Å². The van der Waals surface area contributed by atoms with Gasteiger partial charge in [-0.1, -0.05) is 84.9 Å². The van der Waals surface area contributed by atoms with Crippen molar-refractivity contribution in [1.82, 2.24) is 0 Å².